The molecule has 0 radical (unpaired) electrons. The maximum Gasteiger partial charge on any atom is 0.243 e. The summed E-state index contributed by atoms with van der Waals surface area (Å²) in [5, 5.41) is 0.761. The second-order valence-electron chi connectivity index (χ2n) is 7.76. The van der Waals surface area contributed by atoms with E-state index in [0.29, 0.717) is 26.2 Å². The average molecular weight is 471 g/mol. The Bertz CT molecular complexity index is 1200. The Morgan fingerprint density at radius 1 is 1.03 bits per heavy atom. The Morgan fingerprint density at radius 2 is 1.75 bits per heavy atom. The molecule has 0 bridgehead atoms. The minimum atomic E-state index is -3.53. The number of imidazole rings is 1. The van der Waals surface area contributed by atoms with E-state index in [2.05, 4.69) is 30.1 Å². The molecule has 32 heavy (non-hydrogen) atoms. The summed E-state index contributed by atoms with van der Waals surface area (Å²) in [6.07, 6.45) is 3.64. The maximum atomic E-state index is 12.8. The molecule has 9 heteroatoms. The van der Waals surface area contributed by atoms with Crippen molar-refractivity contribution in [2.75, 3.05) is 31.9 Å². The van der Waals surface area contributed by atoms with Gasteiger partial charge in [0.1, 0.15) is 0 Å². The second kappa shape index (κ2) is 9.48. The molecule has 1 fully saturated rings. The normalized spacial score (nSPS) is 15.1. The van der Waals surface area contributed by atoms with Crippen LogP contribution < -0.4 is 0 Å². The zero-order valence-corrected chi connectivity index (χ0v) is 19.8. The van der Waals surface area contributed by atoms with Gasteiger partial charge in [0.05, 0.1) is 16.3 Å². The molecular weight excluding hydrogens is 444 g/mol. The number of aromatic nitrogens is 2. The number of nitrogens with zero attached hydrogens (tertiary/aromatic N) is 4. The smallest absolute Gasteiger partial charge is 0.243 e. The van der Waals surface area contributed by atoms with Crippen LogP contribution in [0.3, 0.4) is 0 Å². The number of thioether (sulfide) groups is 1. The first-order chi connectivity index (χ1) is 15.4. The van der Waals surface area contributed by atoms with Gasteiger partial charge in [0.2, 0.25) is 15.9 Å². The van der Waals surface area contributed by atoms with Crippen LogP contribution in [0, 0.1) is 13.8 Å². The van der Waals surface area contributed by atoms with Crippen molar-refractivity contribution in [1.82, 2.24) is 18.8 Å². The van der Waals surface area contributed by atoms with E-state index in [1.807, 2.05) is 17.7 Å². The number of hydrogen-bond donors (Lipinski definition) is 0. The first-order valence-electron chi connectivity index (χ1n) is 10.4. The predicted octanol–water partition coefficient (Wildman–Crippen LogP) is 3.11. The fourth-order valence-corrected chi connectivity index (χ4v) is 6.01. The number of carbonyl (C=O) groups is 1. The number of amides is 1. The Labute approximate surface area is 193 Å². The molecule has 2 heterocycles. The van der Waals surface area contributed by atoms with Crippen molar-refractivity contribution in [3.8, 4) is 5.69 Å². The van der Waals surface area contributed by atoms with Gasteiger partial charge in [0.15, 0.2) is 5.16 Å². The van der Waals surface area contributed by atoms with Crippen LogP contribution in [0.4, 0.5) is 0 Å². The lowest BCUT2D eigenvalue weighted by atomic mass is 10.1. The standard InChI is InChI=1S/C23H26N4O3S2/c1-18-8-9-19(2)21(16-18)27-11-10-24-23(27)31-17-22(28)25-12-14-26(15-13-25)32(29,30)20-6-4-3-5-7-20/h3-11,16H,12-15,17H2,1-2H3. The van der Waals surface area contributed by atoms with E-state index in [4.69, 9.17) is 0 Å². The SMILES string of the molecule is Cc1ccc(C)c(-n2ccnc2SCC(=O)N2CCN(S(=O)(=O)c3ccccc3)CC2)c1. The number of sulfonamides is 1. The van der Waals surface area contributed by atoms with Crippen LogP contribution in [0.25, 0.3) is 5.69 Å². The number of benzene rings is 2. The van der Waals surface area contributed by atoms with E-state index >= 15 is 0 Å². The number of piperazine rings is 1. The van der Waals surface area contributed by atoms with E-state index in [1.165, 1.54) is 16.1 Å². The third-order valence-corrected chi connectivity index (χ3v) is 8.39. The van der Waals surface area contributed by atoms with E-state index in [1.54, 1.807) is 41.4 Å². The molecule has 4 rings (SSSR count). The van der Waals surface area contributed by atoms with E-state index in [9.17, 15) is 13.2 Å². The van der Waals surface area contributed by atoms with Crippen LogP contribution in [0.5, 0.6) is 0 Å². The zero-order chi connectivity index (χ0) is 22.7. The Hall–Kier alpha value is -2.62. The summed E-state index contributed by atoms with van der Waals surface area (Å²) < 4.78 is 29.0. The molecule has 2 aromatic carbocycles. The molecule has 0 aliphatic carbocycles. The molecule has 7 nitrogen and oxygen atoms in total. The van der Waals surface area contributed by atoms with Gasteiger partial charge < -0.3 is 4.90 Å². The maximum absolute atomic E-state index is 12.8. The molecule has 1 aliphatic rings. The summed E-state index contributed by atoms with van der Waals surface area (Å²) in [7, 11) is -3.53. The van der Waals surface area contributed by atoms with Crippen molar-refractivity contribution >= 4 is 27.7 Å². The summed E-state index contributed by atoms with van der Waals surface area (Å²) >= 11 is 1.40. The number of rotatable bonds is 6. The van der Waals surface area contributed by atoms with E-state index in [0.717, 1.165) is 22.0 Å². The van der Waals surface area contributed by atoms with Gasteiger partial charge in [-0.1, -0.05) is 42.1 Å². The highest BCUT2D eigenvalue weighted by Gasteiger charge is 2.30. The molecule has 0 saturated carbocycles. The van der Waals surface area contributed by atoms with Crippen LogP contribution in [0.2, 0.25) is 0 Å². The third kappa shape index (κ3) is 4.74. The fourth-order valence-electron chi connectivity index (χ4n) is 3.70. The van der Waals surface area contributed by atoms with E-state index in [-0.39, 0.29) is 16.6 Å². The fraction of sp³-hybridized carbons (Fsp3) is 0.304. The van der Waals surface area contributed by atoms with Gasteiger partial charge in [-0.2, -0.15) is 4.31 Å². The molecule has 0 atom stereocenters. The molecule has 1 aromatic heterocycles. The first kappa shape index (κ1) is 22.6. The summed E-state index contributed by atoms with van der Waals surface area (Å²) in [6, 6.07) is 14.7. The van der Waals surface area contributed by atoms with Gasteiger partial charge in [-0.25, -0.2) is 13.4 Å². The lowest BCUT2D eigenvalue weighted by Crippen LogP contribution is -2.50. The van der Waals surface area contributed by atoms with Crippen molar-refractivity contribution in [3.05, 3.63) is 72.1 Å². The first-order valence-corrected chi connectivity index (χ1v) is 12.9. The summed E-state index contributed by atoms with van der Waals surface area (Å²) in [6.45, 7) is 5.47. The third-order valence-electron chi connectivity index (χ3n) is 5.53. The van der Waals surface area contributed by atoms with Crippen molar-refractivity contribution < 1.29 is 13.2 Å². The largest absolute Gasteiger partial charge is 0.339 e. The number of aryl methyl sites for hydroxylation is 2. The minimum Gasteiger partial charge on any atom is -0.339 e. The summed E-state index contributed by atoms with van der Waals surface area (Å²) in [5.41, 5.74) is 3.35. The highest BCUT2D eigenvalue weighted by atomic mass is 32.2. The minimum absolute atomic E-state index is 0.0118. The zero-order valence-electron chi connectivity index (χ0n) is 18.1. The predicted molar refractivity (Wildman–Crippen MR) is 126 cm³/mol. The topological polar surface area (TPSA) is 75.5 Å². The molecule has 1 aliphatic heterocycles. The van der Waals surface area contributed by atoms with E-state index < -0.39 is 10.0 Å². The van der Waals surface area contributed by atoms with Crippen LogP contribution in [-0.4, -0.2) is 65.0 Å². The van der Waals surface area contributed by atoms with Crippen molar-refractivity contribution in [3.63, 3.8) is 0 Å². The molecule has 1 saturated heterocycles. The highest BCUT2D eigenvalue weighted by molar-refractivity contribution is 7.99. The lowest BCUT2D eigenvalue weighted by molar-refractivity contribution is -0.129. The van der Waals surface area contributed by atoms with Crippen molar-refractivity contribution in [1.29, 1.82) is 0 Å². The average Bonchev–Trinajstić information content (AvgIpc) is 3.28. The summed E-state index contributed by atoms with van der Waals surface area (Å²) in [4.78, 5) is 19.2. The van der Waals surface area contributed by atoms with Crippen LogP contribution in [0.15, 0.2) is 71.0 Å². The van der Waals surface area contributed by atoms with Gasteiger partial charge in [-0.05, 0) is 43.2 Å². The molecule has 168 valence electrons. The monoisotopic (exact) mass is 470 g/mol. The van der Waals surface area contributed by atoms with Gasteiger partial charge >= 0.3 is 0 Å². The van der Waals surface area contributed by atoms with Crippen LogP contribution in [-0.2, 0) is 14.8 Å². The summed E-state index contributed by atoms with van der Waals surface area (Å²) in [5.74, 6) is 0.245. The van der Waals surface area contributed by atoms with Crippen LogP contribution >= 0.6 is 11.8 Å². The van der Waals surface area contributed by atoms with Gasteiger partial charge in [-0.3, -0.25) is 9.36 Å². The Balaban J connectivity index is 1.36. The Kier molecular flexibility index (Phi) is 6.68. The van der Waals surface area contributed by atoms with Gasteiger partial charge in [0.25, 0.3) is 0 Å². The van der Waals surface area contributed by atoms with Crippen molar-refractivity contribution in [2.45, 2.75) is 23.9 Å². The molecule has 0 unspecified atom stereocenters. The molecule has 0 spiro atoms. The second-order valence-corrected chi connectivity index (χ2v) is 10.6. The van der Waals surface area contributed by atoms with Gasteiger partial charge in [-0.15, -0.1) is 0 Å². The molecule has 1 amide bonds. The number of carbonyl (C=O) groups excluding carboxylic acids is 1. The molecular formula is C23H26N4O3S2. The van der Waals surface area contributed by atoms with Gasteiger partial charge in [0, 0.05) is 38.6 Å². The Morgan fingerprint density at radius 3 is 2.47 bits per heavy atom. The quantitative estimate of drug-likeness (QED) is 0.518. The molecule has 0 N–H and O–H groups in total. The highest BCUT2D eigenvalue weighted by Crippen LogP contribution is 2.24. The molecule has 3 aromatic rings. The lowest BCUT2D eigenvalue weighted by Gasteiger charge is -2.34. The van der Waals surface area contributed by atoms with Crippen LogP contribution in [0.1, 0.15) is 11.1 Å². The number of hydrogen-bond acceptors (Lipinski definition) is 5. The van der Waals surface area contributed by atoms with Crippen molar-refractivity contribution in [2.24, 2.45) is 0 Å².